The summed E-state index contributed by atoms with van der Waals surface area (Å²) in [6.45, 7) is 0. The number of rotatable bonds is 2. The van der Waals surface area contributed by atoms with Gasteiger partial charge in [0, 0.05) is 6.20 Å². The largest absolute Gasteiger partial charge is 0.464 e. The Kier molecular flexibility index (Phi) is 2.65. The average molecular weight is 241 g/mol. The molecule has 2 heterocycles. The van der Waals surface area contributed by atoms with Gasteiger partial charge in [-0.05, 0) is 0 Å². The standard InChI is InChI=1S/C8H7N3O2S2/c1-13-8(12)5-6(9)15-7(11-5)4-2-10-3-14-4/h2-3H,9H2,1H3. The third-order valence-corrected chi connectivity index (χ3v) is 3.50. The van der Waals surface area contributed by atoms with Gasteiger partial charge in [0.05, 0.1) is 17.5 Å². The molecule has 0 atom stereocenters. The number of esters is 1. The SMILES string of the molecule is COC(=O)c1nc(-c2cncs2)sc1N. The van der Waals surface area contributed by atoms with E-state index in [4.69, 9.17) is 5.73 Å². The van der Waals surface area contributed by atoms with Crippen molar-refractivity contribution in [2.45, 2.75) is 0 Å². The normalized spacial score (nSPS) is 10.2. The highest BCUT2D eigenvalue weighted by molar-refractivity contribution is 7.23. The molecule has 2 rings (SSSR count). The Morgan fingerprint density at radius 3 is 3.00 bits per heavy atom. The number of nitrogens with zero attached hydrogens (tertiary/aromatic N) is 2. The Bertz CT molecular complexity index is 478. The summed E-state index contributed by atoms with van der Waals surface area (Å²) in [6.07, 6.45) is 1.68. The van der Waals surface area contributed by atoms with E-state index in [2.05, 4.69) is 14.7 Å². The summed E-state index contributed by atoms with van der Waals surface area (Å²) < 4.78 is 4.56. The summed E-state index contributed by atoms with van der Waals surface area (Å²) in [6, 6.07) is 0. The topological polar surface area (TPSA) is 78.1 Å². The molecule has 7 heteroatoms. The van der Waals surface area contributed by atoms with Gasteiger partial charge in [-0.3, -0.25) is 4.98 Å². The van der Waals surface area contributed by atoms with Gasteiger partial charge >= 0.3 is 5.97 Å². The number of carbonyl (C=O) groups excluding carboxylic acids is 1. The molecular weight excluding hydrogens is 234 g/mol. The second-order valence-electron chi connectivity index (χ2n) is 2.59. The zero-order chi connectivity index (χ0) is 10.8. The minimum Gasteiger partial charge on any atom is -0.464 e. The molecule has 5 nitrogen and oxygen atoms in total. The van der Waals surface area contributed by atoms with E-state index < -0.39 is 5.97 Å². The van der Waals surface area contributed by atoms with Crippen molar-refractivity contribution in [1.29, 1.82) is 0 Å². The molecule has 0 saturated carbocycles. The number of nitrogens with two attached hydrogens (primary N) is 1. The minimum atomic E-state index is -0.514. The van der Waals surface area contributed by atoms with Gasteiger partial charge in [0.15, 0.2) is 5.69 Å². The monoisotopic (exact) mass is 241 g/mol. The van der Waals surface area contributed by atoms with E-state index in [0.717, 1.165) is 4.88 Å². The lowest BCUT2D eigenvalue weighted by molar-refractivity contribution is 0.0596. The molecule has 0 saturated heterocycles. The van der Waals surface area contributed by atoms with Crippen molar-refractivity contribution in [3.05, 3.63) is 17.4 Å². The maximum absolute atomic E-state index is 11.2. The highest BCUT2D eigenvalue weighted by Crippen LogP contribution is 2.32. The van der Waals surface area contributed by atoms with Gasteiger partial charge in [-0.1, -0.05) is 11.3 Å². The molecule has 2 N–H and O–H groups in total. The first kappa shape index (κ1) is 10.1. The van der Waals surface area contributed by atoms with Gasteiger partial charge in [0.2, 0.25) is 0 Å². The smallest absolute Gasteiger partial charge is 0.359 e. The summed E-state index contributed by atoms with van der Waals surface area (Å²) in [5.74, 6) is -0.514. The zero-order valence-corrected chi connectivity index (χ0v) is 9.39. The molecule has 0 aromatic carbocycles. The van der Waals surface area contributed by atoms with Gasteiger partial charge in [-0.2, -0.15) is 0 Å². The van der Waals surface area contributed by atoms with Crippen molar-refractivity contribution >= 4 is 33.6 Å². The molecule has 0 aliphatic rings. The van der Waals surface area contributed by atoms with Crippen LogP contribution in [0.15, 0.2) is 11.7 Å². The lowest BCUT2D eigenvalue weighted by Crippen LogP contribution is -2.04. The third-order valence-electron chi connectivity index (χ3n) is 1.68. The van der Waals surface area contributed by atoms with Gasteiger partial charge in [0.25, 0.3) is 0 Å². The number of anilines is 1. The molecule has 0 fully saturated rings. The lowest BCUT2D eigenvalue weighted by atomic mass is 10.4. The molecular formula is C8H7N3O2S2. The van der Waals surface area contributed by atoms with E-state index in [-0.39, 0.29) is 5.69 Å². The molecule has 2 aromatic rings. The number of ether oxygens (including phenoxy) is 1. The molecule has 15 heavy (non-hydrogen) atoms. The number of aromatic nitrogens is 2. The van der Waals surface area contributed by atoms with Crippen LogP contribution < -0.4 is 5.73 Å². The molecule has 0 amide bonds. The van der Waals surface area contributed by atoms with Crippen molar-refractivity contribution < 1.29 is 9.53 Å². The predicted molar refractivity (Wildman–Crippen MR) is 59.0 cm³/mol. The Morgan fingerprint density at radius 2 is 2.40 bits per heavy atom. The molecule has 0 unspecified atom stereocenters. The average Bonchev–Trinajstić information content (AvgIpc) is 2.84. The van der Waals surface area contributed by atoms with Crippen LogP contribution in [0.2, 0.25) is 0 Å². The van der Waals surface area contributed by atoms with Crippen molar-refractivity contribution in [2.24, 2.45) is 0 Å². The van der Waals surface area contributed by atoms with Crippen LogP contribution in [0.4, 0.5) is 5.00 Å². The van der Waals surface area contributed by atoms with Crippen LogP contribution in [0.25, 0.3) is 9.88 Å². The molecule has 0 bridgehead atoms. The van der Waals surface area contributed by atoms with Crippen molar-refractivity contribution in [3.63, 3.8) is 0 Å². The van der Waals surface area contributed by atoms with Gasteiger partial charge in [-0.15, -0.1) is 11.3 Å². The molecule has 0 spiro atoms. The third kappa shape index (κ3) is 1.83. The fraction of sp³-hybridized carbons (Fsp3) is 0.125. The van der Waals surface area contributed by atoms with Crippen molar-refractivity contribution in [3.8, 4) is 9.88 Å². The highest BCUT2D eigenvalue weighted by Gasteiger charge is 2.17. The number of carbonyl (C=O) groups is 1. The quantitative estimate of drug-likeness (QED) is 0.808. The maximum atomic E-state index is 11.2. The van der Waals surface area contributed by atoms with Crippen LogP contribution in [0.5, 0.6) is 0 Å². The number of methoxy groups -OCH3 is 1. The molecule has 78 valence electrons. The predicted octanol–water partition coefficient (Wildman–Crippen LogP) is 1.64. The fourth-order valence-corrected chi connectivity index (χ4v) is 2.50. The maximum Gasteiger partial charge on any atom is 0.359 e. The van der Waals surface area contributed by atoms with Crippen LogP contribution in [0.3, 0.4) is 0 Å². The first-order valence-electron chi connectivity index (χ1n) is 3.96. The van der Waals surface area contributed by atoms with E-state index in [1.807, 2.05) is 0 Å². The Hall–Kier alpha value is -1.47. The summed E-state index contributed by atoms with van der Waals surface area (Å²) in [7, 11) is 1.30. The summed E-state index contributed by atoms with van der Waals surface area (Å²) in [4.78, 5) is 20.2. The lowest BCUT2D eigenvalue weighted by Gasteiger charge is -1.93. The Labute approximate surface area is 93.6 Å². The molecule has 2 aromatic heterocycles. The number of nitrogen functional groups attached to an aromatic ring is 1. The van der Waals surface area contributed by atoms with E-state index in [9.17, 15) is 4.79 Å². The van der Waals surface area contributed by atoms with E-state index in [1.54, 1.807) is 11.7 Å². The second-order valence-corrected chi connectivity index (χ2v) is 4.51. The van der Waals surface area contributed by atoms with Gasteiger partial charge in [0.1, 0.15) is 10.0 Å². The number of hydrogen-bond acceptors (Lipinski definition) is 7. The Balaban J connectivity index is 2.41. The van der Waals surface area contributed by atoms with Crippen LogP contribution >= 0.6 is 22.7 Å². The molecule has 0 radical (unpaired) electrons. The van der Waals surface area contributed by atoms with Crippen LogP contribution in [-0.2, 0) is 4.74 Å². The van der Waals surface area contributed by atoms with Gasteiger partial charge < -0.3 is 10.5 Å². The van der Waals surface area contributed by atoms with Crippen LogP contribution in [0, 0.1) is 0 Å². The van der Waals surface area contributed by atoms with Crippen molar-refractivity contribution in [2.75, 3.05) is 12.8 Å². The van der Waals surface area contributed by atoms with Crippen LogP contribution in [-0.4, -0.2) is 23.0 Å². The van der Waals surface area contributed by atoms with Crippen molar-refractivity contribution in [1.82, 2.24) is 9.97 Å². The first-order chi connectivity index (χ1) is 7.22. The highest BCUT2D eigenvalue weighted by atomic mass is 32.1. The number of hydrogen-bond donors (Lipinski definition) is 1. The fourth-order valence-electron chi connectivity index (χ4n) is 1.00. The molecule has 0 aliphatic carbocycles. The Morgan fingerprint density at radius 1 is 1.60 bits per heavy atom. The van der Waals surface area contributed by atoms with E-state index >= 15 is 0 Å². The summed E-state index contributed by atoms with van der Waals surface area (Å²) in [5.41, 5.74) is 7.53. The van der Waals surface area contributed by atoms with E-state index in [0.29, 0.717) is 10.0 Å². The minimum absolute atomic E-state index is 0.172. The van der Waals surface area contributed by atoms with E-state index in [1.165, 1.54) is 29.8 Å². The first-order valence-corrected chi connectivity index (χ1v) is 5.65. The van der Waals surface area contributed by atoms with Gasteiger partial charge in [-0.25, -0.2) is 9.78 Å². The summed E-state index contributed by atoms with van der Waals surface area (Å²) >= 11 is 2.70. The second kappa shape index (κ2) is 3.95. The number of thiazole rings is 2. The summed E-state index contributed by atoms with van der Waals surface area (Å²) in [5, 5.41) is 1.06. The zero-order valence-electron chi connectivity index (χ0n) is 7.76. The molecule has 0 aliphatic heterocycles. The van der Waals surface area contributed by atoms with Crippen LogP contribution in [0.1, 0.15) is 10.5 Å².